The van der Waals surface area contributed by atoms with Gasteiger partial charge < -0.3 is 5.73 Å². The third kappa shape index (κ3) is 4.09. The van der Waals surface area contributed by atoms with Crippen LogP contribution in [0.4, 0.5) is 5.13 Å². The number of halogens is 1. The molecule has 112 valence electrons. The number of nitrogens with one attached hydrogen (secondary N) is 1. The molecule has 0 bridgehead atoms. The van der Waals surface area contributed by atoms with Gasteiger partial charge in [0.15, 0.2) is 0 Å². The highest BCUT2D eigenvalue weighted by atomic mass is 79.9. The van der Waals surface area contributed by atoms with Crippen LogP contribution in [0, 0.1) is 5.92 Å². The van der Waals surface area contributed by atoms with Gasteiger partial charge in [-0.15, -0.1) is 10.2 Å². The van der Waals surface area contributed by atoms with Gasteiger partial charge in [-0.25, -0.2) is 0 Å². The van der Waals surface area contributed by atoms with Gasteiger partial charge in [-0.3, -0.25) is 10.1 Å². The topological polar surface area (TPSA) is 80.9 Å². The third-order valence-electron chi connectivity index (χ3n) is 3.31. The van der Waals surface area contributed by atoms with Crippen molar-refractivity contribution in [3.63, 3.8) is 0 Å². The smallest absolute Gasteiger partial charge is 0.243 e. The minimum atomic E-state index is -0.532. The molecule has 0 spiro atoms. The highest BCUT2D eigenvalue weighted by molar-refractivity contribution is 9.10. The molecule has 0 aliphatic heterocycles. The van der Waals surface area contributed by atoms with Gasteiger partial charge >= 0.3 is 0 Å². The predicted molar refractivity (Wildman–Crippen MR) is 89.1 cm³/mol. The first-order chi connectivity index (χ1) is 10.0. The molecule has 2 unspecified atom stereocenters. The number of hydrogen-bond acceptors (Lipinski definition) is 5. The Morgan fingerprint density at radius 2 is 2.05 bits per heavy atom. The van der Waals surface area contributed by atoms with Gasteiger partial charge in [-0.05, 0) is 18.1 Å². The molecule has 2 aromatic rings. The van der Waals surface area contributed by atoms with Crippen molar-refractivity contribution >= 4 is 38.3 Å². The van der Waals surface area contributed by atoms with E-state index in [0.29, 0.717) is 5.13 Å². The third-order valence-corrected chi connectivity index (χ3v) is 4.72. The number of carbonyl (C=O) groups excluding carboxylic acids is 1. The monoisotopic (exact) mass is 368 g/mol. The van der Waals surface area contributed by atoms with Crippen LogP contribution in [0.1, 0.15) is 20.3 Å². The molecular weight excluding hydrogens is 352 g/mol. The minimum Gasteiger partial charge on any atom is -0.320 e. The number of nitrogens with zero attached hydrogens (tertiary/aromatic N) is 2. The van der Waals surface area contributed by atoms with Gasteiger partial charge in [-0.2, -0.15) is 0 Å². The van der Waals surface area contributed by atoms with Crippen molar-refractivity contribution in [3.05, 3.63) is 28.7 Å². The maximum Gasteiger partial charge on any atom is 0.243 e. The maximum atomic E-state index is 12.0. The zero-order chi connectivity index (χ0) is 15.4. The molecule has 2 atom stereocenters. The summed E-state index contributed by atoms with van der Waals surface area (Å²) in [5, 5.41) is 12.0. The number of nitrogens with two attached hydrogens (primary N) is 1. The Kier molecular flexibility index (Phi) is 5.44. The van der Waals surface area contributed by atoms with E-state index in [2.05, 4.69) is 31.4 Å². The van der Waals surface area contributed by atoms with Crippen molar-refractivity contribution in [1.82, 2.24) is 10.2 Å². The van der Waals surface area contributed by atoms with E-state index in [1.54, 1.807) is 0 Å². The summed E-state index contributed by atoms with van der Waals surface area (Å²) in [5.41, 5.74) is 6.85. The number of benzene rings is 1. The summed E-state index contributed by atoms with van der Waals surface area (Å²) in [6, 6.07) is 7.24. The van der Waals surface area contributed by atoms with E-state index in [9.17, 15) is 4.79 Å². The molecule has 1 aromatic heterocycles. The molecule has 1 aromatic carbocycles. The van der Waals surface area contributed by atoms with Crippen LogP contribution >= 0.6 is 27.3 Å². The van der Waals surface area contributed by atoms with Crippen molar-refractivity contribution < 1.29 is 4.79 Å². The Bertz CT molecular complexity index is 614. The second kappa shape index (κ2) is 7.11. The molecular formula is C14H17BrN4OS. The number of rotatable bonds is 5. The summed E-state index contributed by atoms with van der Waals surface area (Å²) in [4.78, 5) is 12.0. The number of carbonyl (C=O) groups is 1. The average Bonchev–Trinajstić information content (AvgIpc) is 2.94. The SMILES string of the molecule is CCC(C)C(N)C(=O)Nc1nnc(-c2ccc(Br)cc2)s1. The zero-order valence-electron chi connectivity index (χ0n) is 11.8. The quantitative estimate of drug-likeness (QED) is 0.848. The highest BCUT2D eigenvalue weighted by Crippen LogP contribution is 2.27. The molecule has 1 heterocycles. The van der Waals surface area contributed by atoms with E-state index < -0.39 is 6.04 Å². The Morgan fingerprint density at radius 3 is 2.67 bits per heavy atom. The molecule has 5 nitrogen and oxygen atoms in total. The van der Waals surface area contributed by atoms with E-state index in [4.69, 9.17) is 5.73 Å². The summed E-state index contributed by atoms with van der Waals surface area (Å²) >= 11 is 4.72. The lowest BCUT2D eigenvalue weighted by atomic mass is 10.00. The molecule has 0 saturated heterocycles. The van der Waals surface area contributed by atoms with Crippen LogP contribution in [0.25, 0.3) is 10.6 Å². The Balaban J connectivity index is 2.06. The van der Waals surface area contributed by atoms with Crippen molar-refractivity contribution in [2.75, 3.05) is 5.32 Å². The molecule has 3 N–H and O–H groups in total. The molecule has 0 saturated carbocycles. The maximum absolute atomic E-state index is 12.0. The molecule has 0 aliphatic rings. The van der Waals surface area contributed by atoms with E-state index in [1.165, 1.54) is 11.3 Å². The van der Waals surface area contributed by atoms with Crippen LogP contribution in [0.15, 0.2) is 28.7 Å². The van der Waals surface area contributed by atoms with Gasteiger partial charge in [0.25, 0.3) is 0 Å². The first kappa shape index (κ1) is 16.1. The van der Waals surface area contributed by atoms with Gasteiger partial charge in [0.2, 0.25) is 11.0 Å². The van der Waals surface area contributed by atoms with E-state index >= 15 is 0 Å². The van der Waals surface area contributed by atoms with Crippen LogP contribution in [-0.2, 0) is 4.79 Å². The van der Waals surface area contributed by atoms with Crippen molar-refractivity contribution in [3.8, 4) is 10.6 Å². The fourth-order valence-electron chi connectivity index (χ4n) is 1.68. The lowest BCUT2D eigenvalue weighted by Gasteiger charge is -2.16. The summed E-state index contributed by atoms with van der Waals surface area (Å²) in [6.07, 6.45) is 0.856. The first-order valence-electron chi connectivity index (χ1n) is 6.67. The van der Waals surface area contributed by atoms with E-state index in [0.717, 1.165) is 21.5 Å². The van der Waals surface area contributed by atoms with E-state index in [1.807, 2.05) is 38.1 Å². The average molecular weight is 369 g/mol. The highest BCUT2D eigenvalue weighted by Gasteiger charge is 2.20. The number of hydrogen-bond donors (Lipinski definition) is 2. The number of anilines is 1. The fourth-order valence-corrected chi connectivity index (χ4v) is 2.70. The summed E-state index contributed by atoms with van der Waals surface area (Å²) in [6.45, 7) is 3.96. The van der Waals surface area contributed by atoms with Gasteiger partial charge in [-0.1, -0.05) is 59.7 Å². The van der Waals surface area contributed by atoms with Crippen LogP contribution in [0.3, 0.4) is 0 Å². The lowest BCUT2D eigenvalue weighted by molar-refractivity contribution is -0.118. The van der Waals surface area contributed by atoms with Crippen LogP contribution in [-0.4, -0.2) is 22.1 Å². The van der Waals surface area contributed by atoms with Crippen molar-refractivity contribution in [1.29, 1.82) is 0 Å². The summed E-state index contributed by atoms with van der Waals surface area (Å²) < 4.78 is 1.00. The van der Waals surface area contributed by atoms with Crippen LogP contribution < -0.4 is 11.1 Å². The van der Waals surface area contributed by atoms with Crippen LogP contribution in [0.2, 0.25) is 0 Å². The standard InChI is InChI=1S/C14H17BrN4OS/c1-3-8(2)11(16)12(20)17-14-19-18-13(21-14)9-4-6-10(15)7-5-9/h4-8,11H,3,16H2,1-2H3,(H,17,19,20). The van der Waals surface area contributed by atoms with Crippen molar-refractivity contribution in [2.24, 2.45) is 11.7 Å². The second-order valence-corrected chi connectivity index (χ2v) is 6.71. The minimum absolute atomic E-state index is 0.129. The molecule has 1 amide bonds. The van der Waals surface area contributed by atoms with Gasteiger partial charge in [0.05, 0.1) is 6.04 Å². The summed E-state index contributed by atoms with van der Waals surface area (Å²) in [5.74, 6) is -0.0910. The number of amides is 1. The molecule has 0 fully saturated rings. The normalized spacial score (nSPS) is 13.7. The van der Waals surface area contributed by atoms with Gasteiger partial charge in [0, 0.05) is 10.0 Å². The summed E-state index contributed by atoms with van der Waals surface area (Å²) in [7, 11) is 0. The molecule has 0 aliphatic carbocycles. The molecule has 2 rings (SSSR count). The second-order valence-electron chi connectivity index (χ2n) is 4.82. The largest absolute Gasteiger partial charge is 0.320 e. The Morgan fingerprint density at radius 1 is 1.38 bits per heavy atom. The first-order valence-corrected chi connectivity index (χ1v) is 8.28. The van der Waals surface area contributed by atoms with Crippen molar-refractivity contribution in [2.45, 2.75) is 26.3 Å². The lowest BCUT2D eigenvalue weighted by Crippen LogP contribution is -2.40. The molecule has 0 radical (unpaired) electrons. The molecule has 21 heavy (non-hydrogen) atoms. The fraction of sp³-hybridized carbons (Fsp3) is 0.357. The van der Waals surface area contributed by atoms with E-state index in [-0.39, 0.29) is 11.8 Å². The zero-order valence-corrected chi connectivity index (χ0v) is 14.2. The predicted octanol–water partition coefficient (Wildman–Crippen LogP) is 3.28. The van der Waals surface area contributed by atoms with Gasteiger partial charge in [0.1, 0.15) is 5.01 Å². The molecule has 7 heteroatoms. The van der Waals surface area contributed by atoms with Crippen LogP contribution in [0.5, 0.6) is 0 Å². The Hall–Kier alpha value is -1.31. The Labute approximate surface area is 136 Å². The number of aromatic nitrogens is 2.